The van der Waals surface area contributed by atoms with Gasteiger partial charge in [-0.2, -0.15) is 0 Å². The van der Waals surface area contributed by atoms with Crippen molar-refractivity contribution in [2.75, 3.05) is 0 Å². The first-order valence-electron chi connectivity index (χ1n) is 7.95. The molecule has 3 aromatic carbocycles. The molecule has 0 saturated carbocycles. The average Bonchev–Trinajstić information content (AvgIpc) is 2.98. The lowest BCUT2D eigenvalue weighted by Crippen LogP contribution is -2.15. The normalized spacial score (nSPS) is 13.9. The minimum Gasteiger partial charge on any atom is -0.508 e. The third kappa shape index (κ3) is 2.99. The van der Waals surface area contributed by atoms with Gasteiger partial charge >= 0.3 is 0 Å². The first-order valence-corrected chi connectivity index (χ1v) is 7.95. The number of phenolic OH excluding ortho intramolecular Hbond substituents is 1. The van der Waals surface area contributed by atoms with Gasteiger partial charge in [0.2, 0.25) is 0 Å². The van der Waals surface area contributed by atoms with Gasteiger partial charge in [-0.3, -0.25) is 4.90 Å². The standard InChI is InChI=1S/C21H19NO/c23-21-10-8-17(9-11-21)18-6-7-19-14-22(15-20(19)12-18)13-16-4-2-1-3-5-16/h1-12,23H,13-15H2. The van der Waals surface area contributed by atoms with Crippen LogP contribution in [0.2, 0.25) is 0 Å². The largest absolute Gasteiger partial charge is 0.508 e. The van der Waals surface area contributed by atoms with Crippen molar-refractivity contribution < 1.29 is 5.11 Å². The summed E-state index contributed by atoms with van der Waals surface area (Å²) in [5.41, 5.74) is 6.55. The van der Waals surface area contributed by atoms with E-state index >= 15 is 0 Å². The molecule has 0 radical (unpaired) electrons. The molecule has 0 spiro atoms. The van der Waals surface area contributed by atoms with Crippen molar-refractivity contribution >= 4 is 0 Å². The number of nitrogens with zero attached hydrogens (tertiary/aromatic N) is 1. The van der Waals surface area contributed by atoms with Crippen LogP contribution in [0.3, 0.4) is 0 Å². The van der Waals surface area contributed by atoms with E-state index in [0.717, 1.165) is 25.2 Å². The summed E-state index contributed by atoms with van der Waals surface area (Å²) in [5, 5.41) is 9.43. The van der Waals surface area contributed by atoms with E-state index in [1.165, 1.54) is 22.3 Å². The highest BCUT2D eigenvalue weighted by Gasteiger charge is 2.19. The second kappa shape index (κ2) is 5.90. The smallest absolute Gasteiger partial charge is 0.115 e. The molecule has 0 aliphatic carbocycles. The Kier molecular flexibility index (Phi) is 3.60. The van der Waals surface area contributed by atoms with E-state index in [1.807, 2.05) is 12.1 Å². The van der Waals surface area contributed by atoms with Crippen LogP contribution in [0.4, 0.5) is 0 Å². The van der Waals surface area contributed by atoms with Gasteiger partial charge in [0, 0.05) is 19.6 Å². The molecule has 1 N–H and O–H groups in total. The zero-order valence-electron chi connectivity index (χ0n) is 12.9. The van der Waals surface area contributed by atoms with Crippen molar-refractivity contribution in [3.05, 3.63) is 89.5 Å². The zero-order valence-corrected chi connectivity index (χ0v) is 12.9. The minimum atomic E-state index is 0.309. The monoisotopic (exact) mass is 301 g/mol. The van der Waals surface area contributed by atoms with E-state index in [0.29, 0.717) is 5.75 Å². The van der Waals surface area contributed by atoms with E-state index < -0.39 is 0 Å². The number of phenols is 1. The van der Waals surface area contributed by atoms with Gasteiger partial charge < -0.3 is 5.11 Å². The summed E-state index contributed by atoms with van der Waals surface area (Å²) in [6, 6.07) is 24.7. The van der Waals surface area contributed by atoms with Crippen LogP contribution >= 0.6 is 0 Å². The Morgan fingerprint density at radius 2 is 1.43 bits per heavy atom. The molecule has 0 aromatic heterocycles. The van der Waals surface area contributed by atoms with Gasteiger partial charge in [-0.05, 0) is 46.0 Å². The summed E-state index contributed by atoms with van der Waals surface area (Å²) in [7, 11) is 0. The maximum Gasteiger partial charge on any atom is 0.115 e. The van der Waals surface area contributed by atoms with Gasteiger partial charge in [0.25, 0.3) is 0 Å². The number of hydrogen-bond donors (Lipinski definition) is 1. The lowest BCUT2D eigenvalue weighted by Gasteiger charge is -2.14. The predicted octanol–water partition coefficient (Wildman–Crippen LogP) is 4.58. The molecule has 1 aliphatic rings. The van der Waals surface area contributed by atoms with Gasteiger partial charge in [-0.25, -0.2) is 0 Å². The van der Waals surface area contributed by atoms with Gasteiger partial charge in [0.15, 0.2) is 0 Å². The molecule has 0 saturated heterocycles. The van der Waals surface area contributed by atoms with Crippen LogP contribution in [0, 0.1) is 0 Å². The molecular formula is C21H19NO. The van der Waals surface area contributed by atoms with Crippen LogP contribution in [-0.2, 0) is 19.6 Å². The Bertz CT molecular complexity index is 809. The number of aromatic hydroxyl groups is 1. The Hall–Kier alpha value is -2.58. The van der Waals surface area contributed by atoms with E-state index in [1.54, 1.807) is 12.1 Å². The molecule has 114 valence electrons. The highest BCUT2D eigenvalue weighted by atomic mass is 16.3. The Morgan fingerprint density at radius 1 is 0.739 bits per heavy atom. The molecule has 0 bridgehead atoms. The van der Waals surface area contributed by atoms with Crippen molar-refractivity contribution in [3.63, 3.8) is 0 Å². The molecule has 0 unspecified atom stereocenters. The van der Waals surface area contributed by atoms with Crippen LogP contribution in [0.1, 0.15) is 16.7 Å². The molecule has 0 amide bonds. The van der Waals surface area contributed by atoms with Crippen molar-refractivity contribution in [3.8, 4) is 16.9 Å². The summed E-state index contributed by atoms with van der Waals surface area (Å²) in [6.45, 7) is 3.00. The molecule has 1 heterocycles. The van der Waals surface area contributed by atoms with Gasteiger partial charge in [0.05, 0.1) is 0 Å². The predicted molar refractivity (Wildman–Crippen MR) is 92.9 cm³/mol. The zero-order chi connectivity index (χ0) is 15.6. The van der Waals surface area contributed by atoms with Crippen molar-refractivity contribution in [2.24, 2.45) is 0 Å². The van der Waals surface area contributed by atoms with Crippen molar-refractivity contribution in [2.45, 2.75) is 19.6 Å². The maximum atomic E-state index is 9.43. The molecule has 1 aliphatic heterocycles. The van der Waals surface area contributed by atoms with Crippen LogP contribution in [-0.4, -0.2) is 10.0 Å². The summed E-state index contributed by atoms with van der Waals surface area (Å²) in [6.07, 6.45) is 0. The highest BCUT2D eigenvalue weighted by molar-refractivity contribution is 5.65. The molecule has 23 heavy (non-hydrogen) atoms. The van der Waals surface area contributed by atoms with E-state index in [-0.39, 0.29) is 0 Å². The third-order valence-electron chi connectivity index (χ3n) is 4.44. The number of rotatable bonds is 3. The molecule has 0 fully saturated rings. The maximum absolute atomic E-state index is 9.43. The third-order valence-corrected chi connectivity index (χ3v) is 4.44. The van der Waals surface area contributed by atoms with E-state index in [4.69, 9.17) is 0 Å². The van der Waals surface area contributed by atoms with Crippen LogP contribution < -0.4 is 0 Å². The fraction of sp³-hybridized carbons (Fsp3) is 0.143. The fourth-order valence-electron chi connectivity index (χ4n) is 3.25. The molecule has 0 atom stereocenters. The van der Waals surface area contributed by atoms with Crippen molar-refractivity contribution in [1.82, 2.24) is 4.90 Å². The first-order chi connectivity index (χ1) is 11.3. The molecular weight excluding hydrogens is 282 g/mol. The van der Waals surface area contributed by atoms with Gasteiger partial charge in [-0.15, -0.1) is 0 Å². The second-order valence-corrected chi connectivity index (χ2v) is 6.16. The second-order valence-electron chi connectivity index (χ2n) is 6.16. The van der Waals surface area contributed by atoms with Crippen LogP contribution in [0.15, 0.2) is 72.8 Å². The number of benzene rings is 3. The highest BCUT2D eigenvalue weighted by Crippen LogP contribution is 2.30. The summed E-state index contributed by atoms with van der Waals surface area (Å²) in [5.74, 6) is 0.309. The fourth-order valence-corrected chi connectivity index (χ4v) is 3.25. The van der Waals surface area contributed by atoms with E-state index in [2.05, 4.69) is 53.4 Å². The molecule has 2 nitrogen and oxygen atoms in total. The van der Waals surface area contributed by atoms with Crippen LogP contribution in [0.25, 0.3) is 11.1 Å². The topological polar surface area (TPSA) is 23.5 Å². The average molecular weight is 301 g/mol. The Labute approximate surface area is 136 Å². The lowest BCUT2D eigenvalue weighted by atomic mass is 10.0. The SMILES string of the molecule is Oc1ccc(-c2ccc3c(c2)CN(Cc2ccccc2)C3)cc1. The summed E-state index contributed by atoms with van der Waals surface area (Å²) >= 11 is 0. The summed E-state index contributed by atoms with van der Waals surface area (Å²) < 4.78 is 0. The molecule has 3 aromatic rings. The Balaban J connectivity index is 1.54. The minimum absolute atomic E-state index is 0.309. The van der Waals surface area contributed by atoms with Crippen LogP contribution in [0.5, 0.6) is 5.75 Å². The lowest BCUT2D eigenvalue weighted by molar-refractivity contribution is 0.275. The molecule has 2 heteroatoms. The molecule has 4 rings (SSSR count). The van der Waals surface area contributed by atoms with Gasteiger partial charge in [0.1, 0.15) is 5.75 Å². The van der Waals surface area contributed by atoms with Crippen molar-refractivity contribution in [1.29, 1.82) is 0 Å². The Morgan fingerprint density at radius 3 is 2.22 bits per heavy atom. The number of hydrogen-bond acceptors (Lipinski definition) is 2. The van der Waals surface area contributed by atoms with E-state index in [9.17, 15) is 5.11 Å². The quantitative estimate of drug-likeness (QED) is 0.765. The number of fused-ring (bicyclic) bond motifs is 1. The first kappa shape index (κ1) is 14.0. The van der Waals surface area contributed by atoms with Gasteiger partial charge in [-0.1, -0.05) is 54.6 Å². The summed E-state index contributed by atoms with van der Waals surface area (Å²) in [4.78, 5) is 2.47.